The first-order valence-electron chi connectivity index (χ1n) is 11.0. The van der Waals surface area contributed by atoms with Gasteiger partial charge in [0, 0.05) is 30.3 Å². The van der Waals surface area contributed by atoms with Gasteiger partial charge in [0.05, 0.1) is 45.9 Å². The van der Waals surface area contributed by atoms with Crippen molar-refractivity contribution in [3.63, 3.8) is 0 Å². The first-order valence-corrected chi connectivity index (χ1v) is 11.4. The van der Waals surface area contributed by atoms with Crippen LogP contribution in [0.3, 0.4) is 0 Å². The lowest BCUT2D eigenvalue weighted by atomic mass is 9.99. The van der Waals surface area contributed by atoms with Gasteiger partial charge in [-0.15, -0.1) is 0 Å². The molecule has 1 aromatic carbocycles. The minimum atomic E-state index is -0.793. The van der Waals surface area contributed by atoms with E-state index in [0.29, 0.717) is 29.6 Å². The Labute approximate surface area is 196 Å². The van der Waals surface area contributed by atoms with Crippen LogP contribution >= 0.6 is 11.6 Å². The molecule has 33 heavy (non-hydrogen) atoms. The summed E-state index contributed by atoms with van der Waals surface area (Å²) in [5.74, 6) is -1.49. The van der Waals surface area contributed by atoms with E-state index in [2.05, 4.69) is 33.9 Å². The third-order valence-electron chi connectivity index (χ3n) is 6.51. The van der Waals surface area contributed by atoms with Crippen LogP contribution in [-0.2, 0) is 0 Å². The fourth-order valence-corrected chi connectivity index (χ4v) is 4.67. The van der Waals surface area contributed by atoms with Crippen LogP contribution < -0.4 is 4.90 Å². The van der Waals surface area contributed by atoms with E-state index < -0.39 is 11.6 Å². The molecule has 170 valence electrons. The molecule has 0 N–H and O–H groups in total. The number of pyridine rings is 2. The number of allylic oxidation sites excluding steroid dienone is 1. The highest BCUT2D eigenvalue weighted by Gasteiger charge is 2.23. The van der Waals surface area contributed by atoms with E-state index in [0.717, 1.165) is 48.7 Å². The Balaban J connectivity index is 1.47. The fourth-order valence-electron chi connectivity index (χ4n) is 4.50. The van der Waals surface area contributed by atoms with E-state index in [9.17, 15) is 8.78 Å². The summed E-state index contributed by atoms with van der Waals surface area (Å²) in [6, 6.07) is 8.34. The summed E-state index contributed by atoms with van der Waals surface area (Å²) in [4.78, 5) is 18.5. The van der Waals surface area contributed by atoms with Crippen LogP contribution in [0.5, 0.6) is 0 Å². The van der Waals surface area contributed by atoms with E-state index in [-0.39, 0.29) is 10.6 Å². The summed E-state index contributed by atoms with van der Waals surface area (Å²) in [6.45, 7) is 2.56. The van der Waals surface area contributed by atoms with Crippen molar-refractivity contribution in [2.45, 2.75) is 18.9 Å². The van der Waals surface area contributed by atoms with Crippen molar-refractivity contribution in [3.8, 4) is 0 Å². The highest BCUT2D eigenvalue weighted by Crippen LogP contribution is 2.30. The van der Waals surface area contributed by atoms with Crippen molar-refractivity contribution < 1.29 is 8.78 Å². The first kappa shape index (κ1) is 21.9. The second-order valence-corrected chi connectivity index (χ2v) is 9.03. The van der Waals surface area contributed by atoms with Gasteiger partial charge in [0.25, 0.3) is 0 Å². The molecule has 0 atom stereocenters. The van der Waals surface area contributed by atoms with E-state index >= 15 is 0 Å². The molecule has 5 nitrogen and oxygen atoms in total. The molecule has 1 saturated heterocycles. The molecule has 1 fully saturated rings. The van der Waals surface area contributed by atoms with E-state index in [1.807, 2.05) is 30.5 Å². The lowest BCUT2D eigenvalue weighted by Gasteiger charge is -2.36. The van der Waals surface area contributed by atoms with E-state index in [1.54, 1.807) is 0 Å². The Morgan fingerprint density at radius 1 is 1.06 bits per heavy atom. The normalized spacial score (nSPS) is 17.4. The number of nitrogens with zero attached hydrogens (tertiary/aromatic N) is 5. The molecule has 0 radical (unpaired) electrons. The minimum Gasteiger partial charge on any atom is -0.370 e. The van der Waals surface area contributed by atoms with E-state index in [4.69, 9.17) is 16.6 Å². The van der Waals surface area contributed by atoms with E-state index in [1.165, 1.54) is 6.07 Å². The molecule has 0 saturated carbocycles. The average Bonchev–Trinajstić information content (AvgIpc) is 3.30. The third-order valence-corrected chi connectivity index (χ3v) is 6.80. The van der Waals surface area contributed by atoms with Crippen molar-refractivity contribution >= 4 is 39.6 Å². The number of anilines is 1. The average molecular weight is 468 g/mol. The zero-order valence-corrected chi connectivity index (χ0v) is 19.3. The van der Waals surface area contributed by atoms with Gasteiger partial charge in [0.15, 0.2) is 0 Å². The number of likely N-dealkylation sites (tertiary alicyclic amines) is 1. The Morgan fingerprint density at radius 2 is 1.85 bits per heavy atom. The monoisotopic (exact) mass is 467 g/mol. The number of benzene rings is 1. The molecule has 2 aliphatic heterocycles. The standard InChI is InChI=1S/C25H24ClF2N5/c1-32-9-6-15(7-10-32)33(2)16-11-24-23(30-14-16)4-3-22(31-24)17-5-8-29-25(17)18-12-19(26)21(28)13-20(18)27/h3-5,11-15H,6-10H2,1-2H3. The molecular formula is C25H24ClF2N5. The Morgan fingerprint density at radius 3 is 2.64 bits per heavy atom. The van der Waals surface area contributed by atoms with Gasteiger partial charge in [-0.05, 0) is 57.2 Å². The Bertz CT molecular complexity index is 1280. The maximum atomic E-state index is 14.5. The van der Waals surface area contributed by atoms with Crippen molar-refractivity contribution in [2.75, 3.05) is 38.6 Å². The lowest BCUT2D eigenvalue weighted by Crippen LogP contribution is -2.42. The van der Waals surface area contributed by atoms with Crippen molar-refractivity contribution in [3.05, 3.63) is 70.5 Å². The highest BCUT2D eigenvalue weighted by atomic mass is 35.5. The summed E-state index contributed by atoms with van der Waals surface area (Å²) in [5.41, 5.74) is 4.52. The van der Waals surface area contributed by atoms with Gasteiger partial charge in [-0.2, -0.15) is 0 Å². The zero-order valence-electron chi connectivity index (χ0n) is 18.5. The molecule has 0 bridgehead atoms. The van der Waals surface area contributed by atoms with Gasteiger partial charge < -0.3 is 9.80 Å². The predicted molar refractivity (Wildman–Crippen MR) is 129 cm³/mol. The van der Waals surface area contributed by atoms with Crippen LogP contribution in [0.4, 0.5) is 14.5 Å². The molecule has 2 aliphatic rings. The maximum absolute atomic E-state index is 14.5. The van der Waals surface area contributed by atoms with Crippen LogP contribution in [0, 0.1) is 11.6 Å². The number of hydrogen-bond donors (Lipinski definition) is 0. The second-order valence-electron chi connectivity index (χ2n) is 8.63. The van der Waals surface area contributed by atoms with Crippen LogP contribution in [0.2, 0.25) is 5.02 Å². The number of aromatic nitrogens is 2. The Hall–Kier alpha value is -2.90. The number of piperidine rings is 1. The number of aliphatic imine (C=N–C) groups is 1. The predicted octanol–water partition coefficient (Wildman–Crippen LogP) is 4.98. The van der Waals surface area contributed by atoms with Gasteiger partial charge in [0.1, 0.15) is 11.6 Å². The van der Waals surface area contributed by atoms with Crippen LogP contribution in [0.15, 0.2) is 47.6 Å². The second kappa shape index (κ2) is 8.80. The molecule has 8 heteroatoms. The fraction of sp³-hybridized carbons (Fsp3) is 0.320. The van der Waals surface area contributed by atoms with Gasteiger partial charge in [-0.3, -0.25) is 9.98 Å². The largest absolute Gasteiger partial charge is 0.370 e. The number of hydrogen-bond acceptors (Lipinski definition) is 5. The summed E-state index contributed by atoms with van der Waals surface area (Å²) >= 11 is 5.91. The molecule has 0 unspecified atom stereocenters. The SMILES string of the molecule is CN1CCC(N(C)c2cnc3ccc(C4=CCN=C4c4cc(Cl)c(F)cc4F)nc3c2)CC1. The number of rotatable bonds is 4. The topological polar surface area (TPSA) is 44.6 Å². The van der Waals surface area contributed by atoms with Crippen LogP contribution in [0.1, 0.15) is 24.1 Å². The zero-order chi connectivity index (χ0) is 23.1. The molecule has 0 aliphatic carbocycles. The van der Waals surface area contributed by atoms with Crippen LogP contribution in [0.25, 0.3) is 16.6 Å². The summed E-state index contributed by atoms with van der Waals surface area (Å²) in [7, 11) is 4.26. The molecule has 3 aromatic rings. The third kappa shape index (κ3) is 4.23. The quantitative estimate of drug-likeness (QED) is 0.508. The molecule has 2 aromatic heterocycles. The van der Waals surface area contributed by atoms with Gasteiger partial charge in [-0.25, -0.2) is 13.8 Å². The molecular weight excluding hydrogens is 444 g/mol. The lowest BCUT2D eigenvalue weighted by molar-refractivity contribution is 0.253. The smallest absolute Gasteiger partial charge is 0.144 e. The first-order chi connectivity index (χ1) is 15.9. The number of fused-ring (bicyclic) bond motifs is 1. The summed E-state index contributed by atoms with van der Waals surface area (Å²) in [5, 5.41) is -0.141. The van der Waals surface area contributed by atoms with Gasteiger partial charge >= 0.3 is 0 Å². The molecule has 0 spiro atoms. The summed E-state index contributed by atoms with van der Waals surface area (Å²) in [6.07, 6.45) is 6.00. The number of halogens is 3. The van der Waals surface area contributed by atoms with Crippen LogP contribution in [-0.4, -0.2) is 60.4 Å². The van der Waals surface area contributed by atoms with Crippen molar-refractivity contribution in [1.29, 1.82) is 0 Å². The summed E-state index contributed by atoms with van der Waals surface area (Å²) < 4.78 is 28.2. The highest BCUT2D eigenvalue weighted by molar-refractivity contribution is 6.35. The molecule has 4 heterocycles. The molecule has 5 rings (SSSR count). The van der Waals surface area contributed by atoms with Gasteiger partial charge in [-0.1, -0.05) is 17.7 Å². The Kier molecular flexibility index (Phi) is 5.85. The minimum absolute atomic E-state index is 0.141. The maximum Gasteiger partial charge on any atom is 0.144 e. The van der Waals surface area contributed by atoms with Crippen molar-refractivity contribution in [2.24, 2.45) is 4.99 Å². The van der Waals surface area contributed by atoms with Gasteiger partial charge in [0.2, 0.25) is 0 Å². The molecule has 0 amide bonds. The van der Waals surface area contributed by atoms with Crippen molar-refractivity contribution in [1.82, 2.24) is 14.9 Å².